The van der Waals surface area contributed by atoms with Crippen molar-refractivity contribution in [2.45, 2.75) is 25.1 Å². The summed E-state index contributed by atoms with van der Waals surface area (Å²) in [7, 11) is 0. The van der Waals surface area contributed by atoms with Gasteiger partial charge in [0.1, 0.15) is 0 Å². The number of aliphatic hydroxyl groups is 1. The highest BCUT2D eigenvalue weighted by molar-refractivity contribution is 6.39. The standard InChI is InChI=1S/C21H20F3N3O4/c22-21(23,24)14-8-6-13(7-9-14)17(28)12-25-19(30)20(31)26-15-3-1-4-16(11-15)27-10-2-5-18(27)29/h1,3-4,6-9,11,17,28H,2,5,10,12H2,(H,25,30)(H,26,31). The van der Waals surface area contributed by atoms with Crippen LogP contribution in [0.1, 0.15) is 30.1 Å². The number of aliphatic hydroxyl groups excluding tert-OH is 1. The van der Waals surface area contributed by atoms with Gasteiger partial charge in [0, 0.05) is 30.9 Å². The molecule has 1 heterocycles. The van der Waals surface area contributed by atoms with Crippen LogP contribution < -0.4 is 15.5 Å². The third-order valence-electron chi connectivity index (χ3n) is 4.77. The molecule has 0 spiro atoms. The number of amides is 3. The molecule has 7 nitrogen and oxygen atoms in total. The van der Waals surface area contributed by atoms with Gasteiger partial charge in [0.25, 0.3) is 0 Å². The Morgan fingerprint density at radius 2 is 1.81 bits per heavy atom. The highest BCUT2D eigenvalue weighted by Crippen LogP contribution is 2.30. The van der Waals surface area contributed by atoms with Gasteiger partial charge >= 0.3 is 18.0 Å². The van der Waals surface area contributed by atoms with E-state index >= 15 is 0 Å². The number of hydrogen-bond donors (Lipinski definition) is 3. The van der Waals surface area contributed by atoms with Crippen LogP contribution in [0.3, 0.4) is 0 Å². The smallest absolute Gasteiger partial charge is 0.387 e. The summed E-state index contributed by atoms with van der Waals surface area (Å²) in [6, 6.07) is 10.4. The molecule has 3 N–H and O–H groups in total. The number of nitrogens with zero attached hydrogens (tertiary/aromatic N) is 1. The predicted molar refractivity (Wildman–Crippen MR) is 106 cm³/mol. The van der Waals surface area contributed by atoms with Crippen molar-refractivity contribution in [2.24, 2.45) is 0 Å². The molecular formula is C21H20F3N3O4. The van der Waals surface area contributed by atoms with Crippen LogP contribution in [0.5, 0.6) is 0 Å². The van der Waals surface area contributed by atoms with Gasteiger partial charge in [0.2, 0.25) is 5.91 Å². The quantitative estimate of drug-likeness (QED) is 0.629. The number of alkyl halides is 3. The van der Waals surface area contributed by atoms with Crippen LogP contribution in [-0.4, -0.2) is 35.9 Å². The Morgan fingerprint density at radius 1 is 1.10 bits per heavy atom. The second-order valence-electron chi connectivity index (χ2n) is 7.00. The summed E-state index contributed by atoms with van der Waals surface area (Å²) in [6.45, 7) is 0.221. The fourth-order valence-electron chi connectivity index (χ4n) is 3.14. The normalized spacial score (nSPS) is 15.0. The van der Waals surface area contributed by atoms with Crippen molar-refractivity contribution in [3.8, 4) is 0 Å². The van der Waals surface area contributed by atoms with Crippen LogP contribution in [-0.2, 0) is 20.6 Å². The van der Waals surface area contributed by atoms with Crippen molar-refractivity contribution in [3.05, 3.63) is 59.7 Å². The van der Waals surface area contributed by atoms with E-state index in [1.165, 1.54) is 0 Å². The van der Waals surface area contributed by atoms with Crippen molar-refractivity contribution < 1.29 is 32.7 Å². The van der Waals surface area contributed by atoms with Gasteiger partial charge in [-0.1, -0.05) is 18.2 Å². The summed E-state index contributed by atoms with van der Waals surface area (Å²) in [5.41, 5.74) is 0.237. The first kappa shape index (κ1) is 22.3. The van der Waals surface area contributed by atoms with E-state index in [1.807, 2.05) is 0 Å². The minimum absolute atomic E-state index is 0.0153. The molecule has 1 unspecified atom stereocenters. The average Bonchev–Trinajstić information content (AvgIpc) is 3.17. The van der Waals surface area contributed by atoms with Crippen LogP contribution in [0.15, 0.2) is 48.5 Å². The average molecular weight is 435 g/mol. The van der Waals surface area contributed by atoms with Crippen molar-refractivity contribution in [2.75, 3.05) is 23.3 Å². The molecule has 31 heavy (non-hydrogen) atoms. The van der Waals surface area contributed by atoms with Gasteiger partial charge in [-0.05, 0) is 42.3 Å². The van der Waals surface area contributed by atoms with Gasteiger partial charge in [-0.2, -0.15) is 13.2 Å². The van der Waals surface area contributed by atoms with Crippen LogP contribution in [0.25, 0.3) is 0 Å². The minimum Gasteiger partial charge on any atom is -0.387 e. The number of carbonyl (C=O) groups excluding carboxylic acids is 3. The number of benzene rings is 2. The molecule has 1 saturated heterocycles. The van der Waals surface area contributed by atoms with E-state index in [0.29, 0.717) is 24.3 Å². The van der Waals surface area contributed by atoms with E-state index in [4.69, 9.17) is 0 Å². The highest BCUT2D eigenvalue weighted by Gasteiger charge is 2.30. The number of nitrogens with one attached hydrogen (secondary N) is 2. The molecule has 1 aliphatic heterocycles. The van der Waals surface area contributed by atoms with Gasteiger partial charge in [0.15, 0.2) is 0 Å². The summed E-state index contributed by atoms with van der Waals surface area (Å²) in [4.78, 5) is 37.6. The molecule has 0 saturated carbocycles. The lowest BCUT2D eigenvalue weighted by Gasteiger charge is -2.17. The number of hydrogen-bond acceptors (Lipinski definition) is 4. The maximum absolute atomic E-state index is 12.6. The predicted octanol–water partition coefficient (Wildman–Crippen LogP) is 2.62. The molecular weight excluding hydrogens is 415 g/mol. The third-order valence-corrected chi connectivity index (χ3v) is 4.77. The van der Waals surface area contributed by atoms with E-state index < -0.39 is 29.7 Å². The van der Waals surface area contributed by atoms with E-state index in [0.717, 1.165) is 30.7 Å². The Morgan fingerprint density at radius 3 is 2.42 bits per heavy atom. The SMILES string of the molecule is O=C(NCC(O)c1ccc(C(F)(F)F)cc1)C(=O)Nc1cccc(N2CCCC2=O)c1. The third kappa shape index (κ3) is 5.60. The van der Waals surface area contributed by atoms with E-state index in [-0.39, 0.29) is 18.0 Å². The maximum Gasteiger partial charge on any atom is 0.416 e. The summed E-state index contributed by atoms with van der Waals surface area (Å²) in [6.07, 6.45) is -4.57. The molecule has 0 aromatic heterocycles. The Bertz CT molecular complexity index is 977. The van der Waals surface area contributed by atoms with Crippen LogP contribution >= 0.6 is 0 Å². The Hall–Kier alpha value is -3.40. The monoisotopic (exact) mass is 435 g/mol. The number of carbonyl (C=O) groups is 3. The number of anilines is 2. The first-order valence-corrected chi connectivity index (χ1v) is 9.50. The highest BCUT2D eigenvalue weighted by atomic mass is 19.4. The fourth-order valence-corrected chi connectivity index (χ4v) is 3.14. The molecule has 0 radical (unpaired) electrons. The van der Waals surface area contributed by atoms with Crippen LogP contribution in [0.4, 0.5) is 24.5 Å². The summed E-state index contributed by atoms with van der Waals surface area (Å²) in [5, 5.41) is 14.7. The number of rotatable bonds is 5. The van der Waals surface area contributed by atoms with Gasteiger partial charge in [-0.15, -0.1) is 0 Å². The van der Waals surface area contributed by atoms with Crippen molar-refractivity contribution >= 4 is 29.1 Å². The summed E-state index contributed by atoms with van der Waals surface area (Å²) in [5.74, 6) is -2.02. The molecule has 1 aliphatic rings. The lowest BCUT2D eigenvalue weighted by Crippen LogP contribution is -2.37. The maximum atomic E-state index is 12.6. The second kappa shape index (κ2) is 9.17. The molecule has 2 aromatic carbocycles. The summed E-state index contributed by atoms with van der Waals surface area (Å²) >= 11 is 0. The molecule has 1 fully saturated rings. The lowest BCUT2D eigenvalue weighted by atomic mass is 10.1. The molecule has 1 atom stereocenters. The van der Waals surface area contributed by atoms with Crippen molar-refractivity contribution in [3.63, 3.8) is 0 Å². The van der Waals surface area contributed by atoms with Crippen LogP contribution in [0.2, 0.25) is 0 Å². The topological polar surface area (TPSA) is 98.7 Å². The zero-order chi connectivity index (χ0) is 22.6. The first-order chi connectivity index (χ1) is 14.6. The van der Waals surface area contributed by atoms with Crippen molar-refractivity contribution in [1.29, 1.82) is 0 Å². The van der Waals surface area contributed by atoms with E-state index in [1.54, 1.807) is 29.2 Å². The largest absolute Gasteiger partial charge is 0.416 e. The first-order valence-electron chi connectivity index (χ1n) is 9.50. The summed E-state index contributed by atoms with van der Waals surface area (Å²) < 4.78 is 37.8. The molecule has 3 amide bonds. The molecule has 164 valence electrons. The van der Waals surface area contributed by atoms with Gasteiger partial charge in [-0.25, -0.2) is 0 Å². The molecule has 2 aromatic rings. The van der Waals surface area contributed by atoms with E-state index in [2.05, 4.69) is 10.6 Å². The zero-order valence-electron chi connectivity index (χ0n) is 16.3. The zero-order valence-corrected chi connectivity index (χ0v) is 16.3. The second-order valence-corrected chi connectivity index (χ2v) is 7.00. The fraction of sp³-hybridized carbons (Fsp3) is 0.286. The molecule has 0 aliphatic carbocycles. The molecule has 3 rings (SSSR count). The van der Waals surface area contributed by atoms with Crippen LogP contribution in [0, 0.1) is 0 Å². The molecule has 0 bridgehead atoms. The Labute approximate surface area is 175 Å². The minimum atomic E-state index is -4.49. The Kier molecular flexibility index (Phi) is 6.59. The van der Waals surface area contributed by atoms with Crippen molar-refractivity contribution in [1.82, 2.24) is 5.32 Å². The van der Waals surface area contributed by atoms with Gasteiger partial charge in [-0.3, -0.25) is 14.4 Å². The molecule has 10 heteroatoms. The Balaban J connectivity index is 1.54. The lowest BCUT2D eigenvalue weighted by molar-refractivity contribution is -0.137. The number of halogens is 3. The van der Waals surface area contributed by atoms with E-state index in [9.17, 15) is 32.7 Å². The van der Waals surface area contributed by atoms with Gasteiger partial charge < -0.3 is 20.6 Å². The van der Waals surface area contributed by atoms with Gasteiger partial charge in [0.05, 0.1) is 11.7 Å².